The molecule has 0 fully saturated rings. The quantitative estimate of drug-likeness (QED) is 0.782. The zero-order valence-electron chi connectivity index (χ0n) is 11.6. The van der Waals surface area contributed by atoms with Gasteiger partial charge in [0.1, 0.15) is 0 Å². The van der Waals surface area contributed by atoms with E-state index < -0.39 is 0 Å². The summed E-state index contributed by atoms with van der Waals surface area (Å²) in [4.78, 5) is 0. The summed E-state index contributed by atoms with van der Waals surface area (Å²) in [7, 11) is 0. The minimum absolute atomic E-state index is 0.463. The second kappa shape index (κ2) is 7.68. The minimum Gasteiger partial charge on any atom is -0.310 e. The number of hydrogen-bond donors (Lipinski definition) is 1. The lowest BCUT2D eigenvalue weighted by atomic mass is 10.1. The number of aryl methyl sites for hydroxylation is 1. The number of benzene rings is 2. The molecule has 0 aliphatic carbocycles. The van der Waals surface area contributed by atoms with Crippen molar-refractivity contribution in [1.29, 1.82) is 0 Å². The van der Waals surface area contributed by atoms with E-state index in [1.54, 1.807) is 0 Å². The molecule has 0 aromatic heterocycles. The molecule has 0 saturated carbocycles. The molecule has 1 nitrogen and oxygen atoms in total. The molecule has 20 heavy (non-hydrogen) atoms. The highest BCUT2D eigenvalue weighted by Crippen LogP contribution is 2.22. The van der Waals surface area contributed by atoms with Crippen LogP contribution in [0.15, 0.2) is 48.5 Å². The molecule has 0 saturated heterocycles. The molecule has 2 aromatic carbocycles. The molecule has 0 aliphatic rings. The molecule has 1 N–H and O–H groups in total. The van der Waals surface area contributed by atoms with Crippen LogP contribution in [0.4, 0.5) is 0 Å². The van der Waals surface area contributed by atoms with Crippen LogP contribution in [0.25, 0.3) is 0 Å². The molecule has 0 radical (unpaired) electrons. The Kier molecular flexibility index (Phi) is 5.90. The van der Waals surface area contributed by atoms with Crippen LogP contribution in [0, 0.1) is 0 Å². The molecule has 0 heterocycles. The van der Waals surface area contributed by atoms with Crippen LogP contribution >= 0.6 is 23.2 Å². The monoisotopic (exact) mass is 307 g/mol. The van der Waals surface area contributed by atoms with E-state index in [0.29, 0.717) is 16.1 Å². The Hall–Kier alpha value is -1.02. The minimum atomic E-state index is 0.463. The highest BCUT2D eigenvalue weighted by molar-refractivity contribution is 6.42. The molecule has 3 heteroatoms. The van der Waals surface area contributed by atoms with Crippen molar-refractivity contribution in [3.05, 3.63) is 69.7 Å². The van der Waals surface area contributed by atoms with Gasteiger partial charge in [0.2, 0.25) is 0 Å². The average molecular weight is 308 g/mol. The topological polar surface area (TPSA) is 12.0 Å². The Labute approximate surface area is 130 Å². The molecule has 0 bridgehead atoms. The van der Waals surface area contributed by atoms with Gasteiger partial charge in [0, 0.05) is 12.6 Å². The summed E-state index contributed by atoms with van der Waals surface area (Å²) in [6.07, 6.45) is 2.21. The summed E-state index contributed by atoms with van der Waals surface area (Å²) in [5.74, 6) is 0. The molecule has 1 unspecified atom stereocenters. The number of rotatable bonds is 6. The lowest BCUT2D eigenvalue weighted by Gasteiger charge is -2.14. The van der Waals surface area contributed by atoms with Gasteiger partial charge >= 0.3 is 0 Å². The van der Waals surface area contributed by atoms with E-state index in [4.69, 9.17) is 23.2 Å². The highest BCUT2D eigenvalue weighted by atomic mass is 35.5. The number of halogens is 2. The van der Waals surface area contributed by atoms with Gasteiger partial charge < -0.3 is 5.32 Å². The van der Waals surface area contributed by atoms with Gasteiger partial charge in [-0.15, -0.1) is 0 Å². The summed E-state index contributed by atoms with van der Waals surface area (Å²) in [6.45, 7) is 3.02. The summed E-state index contributed by atoms with van der Waals surface area (Å²) in [5.41, 5.74) is 2.54. The highest BCUT2D eigenvalue weighted by Gasteiger charge is 2.04. The molecule has 1 atom stereocenters. The third-order valence-electron chi connectivity index (χ3n) is 3.35. The molecule has 0 spiro atoms. The number of hydrogen-bond acceptors (Lipinski definition) is 1. The zero-order chi connectivity index (χ0) is 14.4. The summed E-state index contributed by atoms with van der Waals surface area (Å²) in [6, 6.07) is 16.8. The Morgan fingerprint density at radius 3 is 2.40 bits per heavy atom. The predicted octanol–water partition coefficient (Wildman–Crippen LogP) is 5.10. The van der Waals surface area contributed by atoms with Crippen molar-refractivity contribution in [2.45, 2.75) is 32.4 Å². The van der Waals surface area contributed by atoms with Crippen LogP contribution in [0.1, 0.15) is 24.5 Å². The van der Waals surface area contributed by atoms with Gasteiger partial charge in [-0.2, -0.15) is 0 Å². The maximum atomic E-state index is 6.01. The molecular weight excluding hydrogens is 289 g/mol. The van der Waals surface area contributed by atoms with Gasteiger partial charge in [-0.3, -0.25) is 0 Å². The van der Waals surface area contributed by atoms with Crippen LogP contribution in [0.5, 0.6) is 0 Å². The fraction of sp³-hybridized carbons (Fsp3) is 0.294. The first-order chi connectivity index (χ1) is 9.65. The third-order valence-corrected chi connectivity index (χ3v) is 4.09. The Morgan fingerprint density at radius 1 is 0.950 bits per heavy atom. The van der Waals surface area contributed by atoms with Crippen molar-refractivity contribution in [3.63, 3.8) is 0 Å². The van der Waals surface area contributed by atoms with E-state index in [0.717, 1.165) is 24.9 Å². The van der Waals surface area contributed by atoms with Gasteiger partial charge in [-0.1, -0.05) is 59.6 Å². The van der Waals surface area contributed by atoms with Crippen LogP contribution in [-0.4, -0.2) is 6.04 Å². The lowest BCUT2D eigenvalue weighted by Crippen LogP contribution is -2.25. The van der Waals surface area contributed by atoms with E-state index >= 15 is 0 Å². The average Bonchev–Trinajstić information content (AvgIpc) is 2.47. The maximum Gasteiger partial charge on any atom is 0.0595 e. The largest absolute Gasteiger partial charge is 0.310 e. The molecular formula is C17H19Cl2N. The number of nitrogens with one attached hydrogen (secondary N) is 1. The van der Waals surface area contributed by atoms with E-state index in [1.807, 2.05) is 18.2 Å². The Bertz CT molecular complexity index is 540. The van der Waals surface area contributed by atoms with Gasteiger partial charge in [-0.05, 0) is 43.0 Å². The standard InChI is InChI=1S/C17H19Cl2N/c1-13(7-8-14-5-3-2-4-6-14)20-12-15-9-10-16(18)17(19)11-15/h2-6,9-11,13,20H,7-8,12H2,1H3. The molecule has 0 amide bonds. The normalized spacial score (nSPS) is 12.3. The van der Waals surface area contributed by atoms with E-state index in [1.165, 1.54) is 5.56 Å². The van der Waals surface area contributed by atoms with Gasteiger partial charge in [0.25, 0.3) is 0 Å². The lowest BCUT2D eigenvalue weighted by molar-refractivity contribution is 0.514. The SMILES string of the molecule is CC(CCc1ccccc1)NCc1ccc(Cl)c(Cl)c1. The first-order valence-corrected chi connectivity index (χ1v) is 7.62. The van der Waals surface area contributed by atoms with Crippen LogP contribution in [-0.2, 0) is 13.0 Å². The van der Waals surface area contributed by atoms with Crippen LogP contribution < -0.4 is 5.32 Å². The Morgan fingerprint density at radius 2 is 1.70 bits per heavy atom. The van der Waals surface area contributed by atoms with E-state index in [9.17, 15) is 0 Å². The van der Waals surface area contributed by atoms with Gasteiger partial charge in [-0.25, -0.2) is 0 Å². The molecule has 2 aromatic rings. The fourth-order valence-corrected chi connectivity index (χ4v) is 2.39. The zero-order valence-corrected chi connectivity index (χ0v) is 13.1. The summed E-state index contributed by atoms with van der Waals surface area (Å²) >= 11 is 11.9. The predicted molar refractivity (Wildman–Crippen MR) is 87.5 cm³/mol. The fourth-order valence-electron chi connectivity index (χ4n) is 2.07. The van der Waals surface area contributed by atoms with Gasteiger partial charge in [0.05, 0.1) is 10.0 Å². The van der Waals surface area contributed by atoms with Crippen molar-refractivity contribution < 1.29 is 0 Å². The third kappa shape index (κ3) is 4.82. The second-order valence-electron chi connectivity index (χ2n) is 5.05. The summed E-state index contributed by atoms with van der Waals surface area (Å²) < 4.78 is 0. The van der Waals surface area contributed by atoms with Crippen LogP contribution in [0.2, 0.25) is 10.0 Å². The van der Waals surface area contributed by atoms with Crippen molar-refractivity contribution in [2.75, 3.05) is 0 Å². The summed E-state index contributed by atoms with van der Waals surface area (Å²) in [5, 5.41) is 4.73. The van der Waals surface area contributed by atoms with Crippen molar-refractivity contribution in [3.8, 4) is 0 Å². The van der Waals surface area contributed by atoms with E-state index in [2.05, 4.69) is 42.6 Å². The van der Waals surface area contributed by atoms with Crippen molar-refractivity contribution >= 4 is 23.2 Å². The first-order valence-electron chi connectivity index (χ1n) is 6.86. The second-order valence-corrected chi connectivity index (χ2v) is 5.87. The molecule has 106 valence electrons. The van der Waals surface area contributed by atoms with Crippen molar-refractivity contribution in [1.82, 2.24) is 5.32 Å². The molecule has 0 aliphatic heterocycles. The van der Waals surface area contributed by atoms with E-state index in [-0.39, 0.29) is 0 Å². The van der Waals surface area contributed by atoms with Crippen molar-refractivity contribution in [2.24, 2.45) is 0 Å². The smallest absolute Gasteiger partial charge is 0.0595 e. The molecule has 2 rings (SSSR count). The van der Waals surface area contributed by atoms with Crippen LogP contribution in [0.3, 0.4) is 0 Å². The first kappa shape index (κ1) is 15.4. The Balaban J connectivity index is 1.77. The maximum absolute atomic E-state index is 6.01. The van der Waals surface area contributed by atoms with Gasteiger partial charge in [0.15, 0.2) is 0 Å².